The Hall–Kier alpha value is -4.20. The molecule has 5 atom stereocenters. The van der Waals surface area contributed by atoms with Gasteiger partial charge < -0.3 is 43.4 Å². The predicted molar refractivity (Wildman–Crippen MR) is 135 cm³/mol. The zero-order chi connectivity index (χ0) is 29.0. The van der Waals surface area contributed by atoms with Gasteiger partial charge in [-0.15, -0.1) is 0 Å². The number of phenols is 1. The maximum atomic E-state index is 13.1. The molecule has 11 N–H and O–H groups in total. The molecule has 0 radical (unpaired) electrons. The first-order chi connectivity index (χ1) is 17.7. The number of amides is 5. The van der Waals surface area contributed by atoms with Gasteiger partial charge in [0.05, 0.1) is 12.5 Å². The molecule has 1 rings (SSSR count). The van der Waals surface area contributed by atoms with E-state index in [2.05, 4.69) is 16.0 Å². The van der Waals surface area contributed by atoms with Crippen LogP contribution in [0.1, 0.15) is 45.1 Å². The van der Waals surface area contributed by atoms with Crippen molar-refractivity contribution in [3.63, 3.8) is 0 Å². The first-order valence-corrected chi connectivity index (χ1v) is 12.0. The van der Waals surface area contributed by atoms with Crippen LogP contribution in [-0.2, 0) is 35.2 Å². The van der Waals surface area contributed by atoms with E-state index in [0.717, 1.165) is 0 Å². The van der Waals surface area contributed by atoms with Crippen LogP contribution in [0, 0.1) is 5.92 Å². The number of benzene rings is 1. The molecule has 0 aliphatic rings. The summed E-state index contributed by atoms with van der Waals surface area (Å²) in [5.41, 5.74) is 16.7. The van der Waals surface area contributed by atoms with Crippen LogP contribution in [0.5, 0.6) is 5.75 Å². The largest absolute Gasteiger partial charge is 0.508 e. The van der Waals surface area contributed by atoms with Crippen LogP contribution >= 0.6 is 0 Å². The topological polar surface area (TPSA) is 257 Å². The number of carbonyl (C=O) groups excluding carboxylic acids is 5. The van der Waals surface area contributed by atoms with Crippen molar-refractivity contribution >= 4 is 35.5 Å². The van der Waals surface area contributed by atoms with Crippen LogP contribution in [0.25, 0.3) is 0 Å². The summed E-state index contributed by atoms with van der Waals surface area (Å²) in [6.07, 6.45) is -0.755. The van der Waals surface area contributed by atoms with E-state index in [-0.39, 0.29) is 30.9 Å². The summed E-state index contributed by atoms with van der Waals surface area (Å²) in [5, 5.41) is 26.0. The minimum absolute atomic E-state index is 0.0435. The zero-order valence-corrected chi connectivity index (χ0v) is 21.3. The number of phenolic OH excluding ortho intramolecular Hbond substituents is 1. The van der Waals surface area contributed by atoms with Crippen LogP contribution in [-0.4, -0.2) is 69.9 Å². The molecule has 0 heterocycles. The van der Waals surface area contributed by atoms with Gasteiger partial charge in [-0.05, 0) is 30.0 Å². The van der Waals surface area contributed by atoms with Gasteiger partial charge in [0.1, 0.15) is 23.9 Å². The van der Waals surface area contributed by atoms with Crippen LogP contribution in [0.3, 0.4) is 0 Å². The van der Waals surface area contributed by atoms with Gasteiger partial charge in [0, 0.05) is 12.8 Å². The van der Waals surface area contributed by atoms with Crippen molar-refractivity contribution in [2.75, 3.05) is 0 Å². The second kappa shape index (κ2) is 15.1. The van der Waals surface area contributed by atoms with Gasteiger partial charge in [0.2, 0.25) is 29.5 Å². The second-order valence-corrected chi connectivity index (χ2v) is 8.98. The van der Waals surface area contributed by atoms with Crippen molar-refractivity contribution in [2.24, 2.45) is 23.1 Å². The fraction of sp³-hybridized carbons (Fsp3) is 0.500. The summed E-state index contributed by atoms with van der Waals surface area (Å²) in [4.78, 5) is 73.0. The first kappa shape index (κ1) is 31.8. The molecule has 0 aliphatic carbocycles. The molecule has 1 aromatic rings. The summed E-state index contributed by atoms with van der Waals surface area (Å²) in [7, 11) is 0. The highest BCUT2D eigenvalue weighted by Crippen LogP contribution is 2.12. The minimum Gasteiger partial charge on any atom is -0.508 e. The molecule has 5 amide bonds. The van der Waals surface area contributed by atoms with Crippen LogP contribution in [0.2, 0.25) is 0 Å². The molecule has 0 fully saturated rings. The molecule has 210 valence electrons. The standard InChI is InChI=1S/C24H36N6O8/c1-3-12(2)20(27)23(36)30-17(11-19(26)33)22(35)29-16(10-13-4-6-14(31)7-5-13)21(34)28-15(24(37)38)8-9-18(25)32/h4-7,12,15-17,20,31H,3,8-11,27H2,1-2H3,(H2,25,32)(H2,26,33)(H,28,34)(H,29,35)(H,30,36)(H,37,38). The smallest absolute Gasteiger partial charge is 0.326 e. The van der Waals surface area contributed by atoms with Gasteiger partial charge in [-0.2, -0.15) is 0 Å². The fourth-order valence-corrected chi connectivity index (χ4v) is 3.36. The number of hydrogen-bond acceptors (Lipinski definition) is 8. The Morgan fingerprint density at radius 3 is 1.87 bits per heavy atom. The second-order valence-electron chi connectivity index (χ2n) is 8.98. The van der Waals surface area contributed by atoms with Gasteiger partial charge in [-0.1, -0.05) is 32.4 Å². The summed E-state index contributed by atoms with van der Waals surface area (Å²) in [6, 6.07) is 0.379. The SMILES string of the molecule is CCC(C)C(N)C(=O)NC(CC(N)=O)C(=O)NC(Cc1ccc(O)cc1)C(=O)NC(CCC(N)=O)C(=O)O. The van der Waals surface area contributed by atoms with Gasteiger partial charge in [0.15, 0.2) is 0 Å². The van der Waals surface area contributed by atoms with Crippen molar-refractivity contribution in [1.82, 2.24) is 16.0 Å². The molecule has 0 aromatic heterocycles. The number of aliphatic carboxylic acids is 1. The molecule has 0 bridgehead atoms. The molecule has 14 nitrogen and oxygen atoms in total. The predicted octanol–water partition coefficient (Wildman–Crippen LogP) is -2.01. The van der Waals surface area contributed by atoms with E-state index >= 15 is 0 Å². The molecule has 14 heteroatoms. The summed E-state index contributed by atoms with van der Waals surface area (Å²) >= 11 is 0. The first-order valence-electron chi connectivity index (χ1n) is 12.0. The number of rotatable bonds is 16. The third-order valence-corrected chi connectivity index (χ3v) is 5.90. The van der Waals surface area contributed by atoms with Gasteiger partial charge in [-0.25, -0.2) is 4.79 Å². The number of nitrogens with two attached hydrogens (primary N) is 3. The Morgan fingerprint density at radius 2 is 1.37 bits per heavy atom. The highest BCUT2D eigenvalue weighted by molar-refractivity contribution is 5.96. The maximum Gasteiger partial charge on any atom is 0.326 e. The van der Waals surface area contributed by atoms with Crippen LogP contribution in [0.15, 0.2) is 24.3 Å². The average molecular weight is 537 g/mol. The van der Waals surface area contributed by atoms with Crippen molar-refractivity contribution in [2.45, 2.75) is 70.1 Å². The van der Waals surface area contributed by atoms with Crippen LogP contribution < -0.4 is 33.2 Å². The summed E-state index contributed by atoms with van der Waals surface area (Å²) in [5.74, 6) is -5.91. The quantitative estimate of drug-likeness (QED) is 0.116. The molecule has 1 aromatic carbocycles. The number of carboxylic acid groups (broad SMARTS) is 1. The average Bonchev–Trinajstić information content (AvgIpc) is 2.85. The van der Waals surface area contributed by atoms with E-state index in [1.807, 2.05) is 6.92 Å². The Morgan fingerprint density at radius 1 is 0.842 bits per heavy atom. The highest BCUT2D eigenvalue weighted by Gasteiger charge is 2.32. The molecule has 0 spiro atoms. The summed E-state index contributed by atoms with van der Waals surface area (Å²) < 4.78 is 0. The Balaban J connectivity index is 3.19. The minimum atomic E-state index is -1.48. The zero-order valence-electron chi connectivity index (χ0n) is 21.3. The molecular weight excluding hydrogens is 500 g/mol. The van der Waals surface area contributed by atoms with Crippen molar-refractivity contribution in [3.05, 3.63) is 29.8 Å². The Kier molecular flexibility index (Phi) is 12.7. The number of carbonyl (C=O) groups is 6. The lowest BCUT2D eigenvalue weighted by Gasteiger charge is -2.25. The van der Waals surface area contributed by atoms with Gasteiger partial charge in [0.25, 0.3) is 0 Å². The lowest BCUT2D eigenvalue weighted by molar-refractivity contribution is -0.142. The number of aromatic hydroxyl groups is 1. The molecule has 0 aliphatic heterocycles. The van der Waals surface area contributed by atoms with E-state index < -0.39 is 66.1 Å². The normalized spacial score (nSPS) is 14.7. The number of hydrogen-bond donors (Lipinski definition) is 8. The third-order valence-electron chi connectivity index (χ3n) is 5.90. The van der Waals surface area contributed by atoms with Crippen molar-refractivity contribution in [3.8, 4) is 5.75 Å². The van der Waals surface area contributed by atoms with E-state index in [4.69, 9.17) is 17.2 Å². The lowest BCUT2D eigenvalue weighted by atomic mass is 9.98. The summed E-state index contributed by atoms with van der Waals surface area (Å²) in [6.45, 7) is 3.56. The highest BCUT2D eigenvalue weighted by atomic mass is 16.4. The number of carboxylic acids is 1. The Labute approximate surface area is 219 Å². The molecule has 0 saturated carbocycles. The van der Waals surface area contributed by atoms with Crippen LogP contribution in [0.4, 0.5) is 0 Å². The third kappa shape index (κ3) is 10.8. The Bertz CT molecular complexity index is 1020. The van der Waals surface area contributed by atoms with E-state index in [9.17, 15) is 39.0 Å². The molecular formula is C24H36N6O8. The van der Waals surface area contributed by atoms with Crippen molar-refractivity contribution < 1.29 is 39.0 Å². The maximum absolute atomic E-state index is 13.1. The lowest BCUT2D eigenvalue weighted by Crippen LogP contribution is -2.58. The van der Waals surface area contributed by atoms with Crippen molar-refractivity contribution in [1.29, 1.82) is 0 Å². The molecule has 0 saturated heterocycles. The number of primary amides is 2. The fourth-order valence-electron chi connectivity index (χ4n) is 3.36. The van der Waals surface area contributed by atoms with E-state index in [0.29, 0.717) is 12.0 Å². The van der Waals surface area contributed by atoms with E-state index in [1.165, 1.54) is 24.3 Å². The van der Waals surface area contributed by atoms with Gasteiger partial charge in [-0.3, -0.25) is 24.0 Å². The van der Waals surface area contributed by atoms with Gasteiger partial charge >= 0.3 is 5.97 Å². The monoisotopic (exact) mass is 536 g/mol. The van der Waals surface area contributed by atoms with E-state index in [1.54, 1.807) is 6.92 Å². The molecule has 38 heavy (non-hydrogen) atoms. The molecule has 5 unspecified atom stereocenters. The number of nitrogens with one attached hydrogen (secondary N) is 3.